The van der Waals surface area contributed by atoms with E-state index in [1.807, 2.05) is 41.5 Å². The molecule has 0 radical (unpaired) electrons. The number of carbonyl (C=O) groups is 12. The third kappa shape index (κ3) is 26.0. The van der Waals surface area contributed by atoms with Gasteiger partial charge in [-0.25, -0.2) is 4.79 Å². The molecule has 1 fully saturated rings. The van der Waals surface area contributed by atoms with Crippen molar-refractivity contribution in [3.05, 3.63) is 24.5 Å². The highest BCUT2D eigenvalue weighted by Crippen LogP contribution is 2.25. The summed E-state index contributed by atoms with van der Waals surface area (Å²) in [5, 5.41) is 41.3. The van der Waals surface area contributed by atoms with Crippen LogP contribution in [0, 0.1) is 41.4 Å². The van der Waals surface area contributed by atoms with Gasteiger partial charge in [0.1, 0.15) is 60.4 Å². The summed E-state index contributed by atoms with van der Waals surface area (Å²) in [6, 6.07) is -14.1. The van der Waals surface area contributed by atoms with Crippen molar-refractivity contribution in [2.45, 2.75) is 228 Å². The van der Waals surface area contributed by atoms with Crippen LogP contribution in [0.2, 0.25) is 0 Å². The van der Waals surface area contributed by atoms with Crippen LogP contribution in [-0.2, 0) is 68.8 Å². The molecular formula is C70H122N14O16. The first-order valence-corrected chi connectivity index (χ1v) is 34.9. The number of methoxy groups -OCH3 is 1. The van der Waals surface area contributed by atoms with Gasteiger partial charge in [-0.15, -0.1) is 0 Å². The van der Waals surface area contributed by atoms with Crippen molar-refractivity contribution in [2.24, 2.45) is 41.4 Å². The highest BCUT2D eigenvalue weighted by atomic mass is 16.6. The Morgan fingerprint density at radius 2 is 1.06 bits per heavy atom. The van der Waals surface area contributed by atoms with Gasteiger partial charge in [-0.3, -0.25) is 62.3 Å². The molecule has 0 aromatic carbocycles. The highest BCUT2D eigenvalue weighted by molar-refractivity contribution is 6.00. The van der Waals surface area contributed by atoms with Gasteiger partial charge < -0.3 is 75.7 Å². The van der Waals surface area contributed by atoms with Gasteiger partial charge in [0, 0.05) is 62.6 Å². The number of carbonyl (C=O) groups excluding carboxylic acids is 12. The van der Waals surface area contributed by atoms with E-state index < -0.39 is 168 Å². The molecule has 568 valence electrons. The Kier molecular flexibility index (Phi) is 36.4. The van der Waals surface area contributed by atoms with E-state index in [0.717, 1.165) is 24.5 Å². The SMILES string of the molecule is C/C=C/C[C@@H](C)[C@@H](O)[C@H]1C(=O)N[C@@H](C(C)O)C(=O)N(C)CC(=O)N(C)[C@@H](CC(C)C)C(=O)N[C@@H](CC(C)C)C(=O)N(C)[C@@H](CC(C)C)C(=O)N[C@@H](C)C(=O)N[C@H](C)C(=O)N(C)[C@@H](C[C@H](C)COC(=O)N(C)c2cnn(CCOC)c2)C(=O)N[C@@H](CC(C)C)C(=O)N(C)[C@@H](C(C)C)C(=O)N1C. The third-order valence-electron chi connectivity index (χ3n) is 18.0. The summed E-state index contributed by atoms with van der Waals surface area (Å²) < 4.78 is 12.5. The van der Waals surface area contributed by atoms with Crippen molar-refractivity contribution in [3.8, 4) is 0 Å². The lowest BCUT2D eigenvalue weighted by molar-refractivity contribution is -0.155. The van der Waals surface area contributed by atoms with E-state index in [0.29, 0.717) is 18.8 Å². The zero-order valence-electron chi connectivity index (χ0n) is 64.0. The van der Waals surface area contributed by atoms with E-state index in [9.17, 15) is 53.4 Å². The van der Waals surface area contributed by atoms with Crippen molar-refractivity contribution in [1.29, 1.82) is 0 Å². The summed E-state index contributed by atoms with van der Waals surface area (Å²) in [6.07, 6.45) is 2.89. The number of ether oxygens (including phenoxy) is 2. The van der Waals surface area contributed by atoms with Gasteiger partial charge in [0.2, 0.25) is 65.0 Å². The lowest BCUT2D eigenvalue weighted by Gasteiger charge is -2.40. The quantitative estimate of drug-likeness (QED) is 0.0820. The molecule has 1 saturated heterocycles. The third-order valence-corrected chi connectivity index (χ3v) is 18.0. The van der Waals surface area contributed by atoms with Crippen molar-refractivity contribution < 1.29 is 77.2 Å². The fraction of sp³-hybridized carbons (Fsp3) is 0.757. The smallest absolute Gasteiger partial charge is 0.414 e. The van der Waals surface area contributed by atoms with E-state index in [2.05, 4.69) is 31.7 Å². The largest absolute Gasteiger partial charge is 0.449 e. The Morgan fingerprint density at radius 1 is 0.590 bits per heavy atom. The fourth-order valence-electron chi connectivity index (χ4n) is 11.9. The number of anilines is 1. The Balaban J connectivity index is 3.02. The van der Waals surface area contributed by atoms with Crippen LogP contribution in [0.25, 0.3) is 0 Å². The van der Waals surface area contributed by atoms with Gasteiger partial charge in [0.25, 0.3) is 0 Å². The number of amides is 12. The van der Waals surface area contributed by atoms with Crippen LogP contribution in [0.3, 0.4) is 0 Å². The van der Waals surface area contributed by atoms with Crippen LogP contribution in [0.5, 0.6) is 0 Å². The molecule has 0 bridgehead atoms. The monoisotopic (exact) mass is 1410 g/mol. The molecule has 1 aromatic rings. The van der Waals surface area contributed by atoms with E-state index in [1.54, 1.807) is 78.6 Å². The number of hydrogen-bond acceptors (Lipinski definition) is 17. The average Bonchev–Trinajstić information content (AvgIpc) is 0.961. The van der Waals surface area contributed by atoms with Crippen molar-refractivity contribution >= 4 is 76.8 Å². The standard InChI is InChI=1S/C70H122N14O16/c1-25-26-27-45(13)59(87)58-64(92)76-56(48(16)85)68(96)77(17)37-55(86)79(19)52(32-41(6)7)62(90)74-50(30-39(2)3)66(94)81(21)53(33-42(8)9)61(89)72-46(14)60(88)73-47(15)65(93)80(20)54(34-44(12)38-100-70(98)78(18)49-35-71-84(36-49)28-29-99-24)63(91)75-51(31-40(4)5)67(95)82(22)57(43(10)11)69(97)83(58)23/h25-26,35-36,39-48,50-54,56-59,85,87H,27-34,37-38H2,1-24H3,(H,72,89)(H,73,88)(H,74,90)(H,75,91)(H,76,92)/b26-25+/t44-,45+,46-,47+,48?,50-,51-,52-,53-,54-,56-,57-,58-,59+/m0/s1. The normalized spacial score (nSPS) is 25.1. The minimum Gasteiger partial charge on any atom is -0.449 e. The number of allylic oxidation sites excluding steroid dienone is 2. The van der Waals surface area contributed by atoms with E-state index >= 15 is 14.4 Å². The first-order chi connectivity index (χ1) is 46.4. The van der Waals surface area contributed by atoms with Crippen LogP contribution >= 0.6 is 0 Å². The predicted octanol–water partition coefficient (Wildman–Crippen LogP) is 2.38. The second kappa shape index (κ2) is 41.3. The maximum Gasteiger partial charge on any atom is 0.414 e. The first-order valence-electron chi connectivity index (χ1n) is 34.9. The van der Waals surface area contributed by atoms with Gasteiger partial charge in [-0.1, -0.05) is 95.2 Å². The van der Waals surface area contributed by atoms with Crippen LogP contribution < -0.4 is 31.5 Å². The molecule has 1 unspecified atom stereocenters. The summed E-state index contributed by atoms with van der Waals surface area (Å²) in [5.74, 6) is -11.9. The molecule has 2 heterocycles. The molecule has 0 aliphatic carbocycles. The maximum absolute atomic E-state index is 15.3. The van der Waals surface area contributed by atoms with Crippen LogP contribution in [-0.4, -0.2) is 269 Å². The zero-order chi connectivity index (χ0) is 76.7. The summed E-state index contributed by atoms with van der Waals surface area (Å²) in [6.45, 7) is 26.8. The molecule has 1 aliphatic heterocycles. The number of aliphatic hydroxyl groups is 2. The molecule has 12 amide bonds. The van der Waals surface area contributed by atoms with Crippen LogP contribution in [0.15, 0.2) is 24.5 Å². The van der Waals surface area contributed by atoms with Crippen LogP contribution in [0.1, 0.15) is 149 Å². The molecule has 1 aliphatic rings. The molecule has 2 rings (SSSR count). The summed E-state index contributed by atoms with van der Waals surface area (Å²) in [4.78, 5) is 184. The Morgan fingerprint density at radius 3 is 1.55 bits per heavy atom. The Labute approximate surface area is 593 Å². The van der Waals surface area contributed by atoms with Crippen molar-refractivity contribution in [2.75, 3.05) is 81.1 Å². The summed E-state index contributed by atoms with van der Waals surface area (Å²) in [7, 11) is 11.0. The fourth-order valence-corrected chi connectivity index (χ4v) is 11.9. The van der Waals surface area contributed by atoms with Gasteiger partial charge in [-0.05, 0) is 108 Å². The number of nitrogens with one attached hydrogen (secondary N) is 5. The van der Waals surface area contributed by atoms with Crippen molar-refractivity contribution in [1.82, 2.24) is 65.8 Å². The first kappa shape index (κ1) is 88.4. The number of aromatic nitrogens is 2. The number of hydrogen-bond donors (Lipinski definition) is 7. The molecule has 1 aromatic heterocycles. The lowest BCUT2D eigenvalue weighted by atomic mass is 9.91. The predicted molar refractivity (Wildman–Crippen MR) is 378 cm³/mol. The Bertz CT molecular complexity index is 2940. The number of likely N-dealkylation sites (N-methyl/N-ethyl adjacent to an activating group) is 6. The number of rotatable bonds is 22. The average molecular weight is 1420 g/mol. The molecule has 100 heavy (non-hydrogen) atoms. The van der Waals surface area contributed by atoms with Crippen LogP contribution in [0.4, 0.5) is 10.5 Å². The lowest BCUT2D eigenvalue weighted by Crippen LogP contribution is -2.64. The van der Waals surface area contributed by atoms with E-state index in [4.69, 9.17) is 9.47 Å². The molecular weight excluding hydrogens is 1290 g/mol. The molecule has 7 N–H and O–H groups in total. The number of aliphatic hydroxyl groups excluding tert-OH is 2. The van der Waals surface area contributed by atoms with Gasteiger partial charge >= 0.3 is 6.09 Å². The molecule has 14 atom stereocenters. The number of nitrogens with zero attached hydrogens (tertiary/aromatic N) is 9. The molecule has 0 saturated carbocycles. The highest BCUT2D eigenvalue weighted by Gasteiger charge is 2.45. The van der Waals surface area contributed by atoms with Gasteiger partial charge in [-0.2, -0.15) is 5.10 Å². The molecule has 0 spiro atoms. The topological polar surface area (TPSA) is 364 Å². The Hall–Kier alpha value is -7.73. The van der Waals surface area contributed by atoms with E-state index in [1.165, 1.54) is 86.1 Å². The van der Waals surface area contributed by atoms with Crippen molar-refractivity contribution in [3.63, 3.8) is 0 Å². The van der Waals surface area contributed by atoms with E-state index in [-0.39, 0.29) is 68.8 Å². The second-order valence-corrected chi connectivity index (χ2v) is 29.2. The maximum atomic E-state index is 15.3. The second-order valence-electron chi connectivity index (χ2n) is 29.2. The molecule has 30 nitrogen and oxygen atoms in total. The molecule has 30 heteroatoms. The zero-order valence-corrected chi connectivity index (χ0v) is 64.0. The minimum absolute atomic E-state index is 0.00287. The summed E-state index contributed by atoms with van der Waals surface area (Å²) >= 11 is 0. The van der Waals surface area contributed by atoms with Gasteiger partial charge in [0.15, 0.2) is 0 Å². The minimum atomic E-state index is -1.79. The summed E-state index contributed by atoms with van der Waals surface area (Å²) in [5.41, 5.74) is 0.417. The van der Waals surface area contributed by atoms with Gasteiger partial charge in [0.05, 0.1) is 50.4 Å².